The smallest absolute Gasteiger partial charge is 0.323 e. The van der Waals surface area contributed by atoms with Gasteiger partial charge in [0.25, 0.3) is 0 Å². The van der Waals surface area contributed by atoms with Gasteiger partial charge in [-0.3, -0.25) is 10.1 Å². The van der Waals surface area contributed by atoms with Crippen LogP contribution >= 0.6 is 39.0 Å². The van der Waals surface area contributed by atoms with Crippen molar-refractivity contribution < 1.29 is 14.7 Å². The molecule has 1 fully saturated rings. The van der Waals surface area contributed by atoms with Crippen LogP contribution in [0.3, 0.4) is 0 Å². The van der Waals surface area contributed by atoms with Gasteiger partial charge in [0.05, 0.1) is 16.2 Å². The molecule has 0 saturated heterocycles. The number of nitrogens with zero attached hydrogens (tertiary/aromatic N) is 2. The average molecular weight is 470 g/mol. The van der Waals surface area contributed by atoms with Crippen LogP contribution in [0.15, 0.2) is 39.1 Å². The maximum Gasteiger partial charge on any atom is 0.323 e. The van der Waals surface area contributed by atoms with E-state index in [9.17, 15) is 9.59 Å². The molecule has 3 rings (SSSR count). The Kier molecular flexibility index (Phi) is 6.78. The lowest BCUT2D eigenvalue weighted by Gasteiger charge is -2.24. The second kappa shape index (κ2) is 9.07. The van der Waals surface area contributed by atoms with E-state index in [0.29, 0.717) is 11.0 Å². The molecular weight excluding hydrogens is 450 g/mol. The van der Waals surface area contributed by atoms with Crippen LogP contribution < -0.4 is 5.32 Å². The third kappa shape index (κ3) is 5.46. The molecule has 1 aromatic heterocycles. The number of halogens is 1. The number of thiazole rings is 1. The van der Waals surface area contributed by atoms with Gasteiger partial charge in [0.2, 0.25) is 0 Å². The summed E-state index contributed by atoms with van der Waals surface area (Å²) in [6.45, 7) is 0. The first-order valence-electron chi connectivity index (χ1n) is 8.52. The van der Waals surface area contributed by atoms with Crippen molar-refractivity contribution in [3.63, 3.8) is 0 Å². The van der Waals surface area contributed by atoms with Crippen LogP contribution in [0.5, 0.6) is 0 Å². The number of carbonyl (C=O) groups excluding carboxylic acids is 1. The molecule has 1 aliphatic carbocycles. The summed E-state index contributed by atoms with van der Waals surface area (Å²) in [5.74, 6) is -0.424. The summed E-state index contributed by atoms with van der Waals surface area (Å²) in [6, 6.07) is 8.41. The zero-order valence-corrected chi connectivity index (χ0v) is 17.9. The molecule has 1 saturated carbocycles. The number of aromatic nitrogens is 1. The standard InChI is InChI=1S/C18H20BrN3O3S2/c1-22(14-7-4-12(8-14)11-2-5-13(19)6-3-11)18(25)21-17-20-9-16(27-17)26-10-15(23)24/h2-3,5-6,9,12,14H,4,7-8,10H2,1H3,(H,23,24)(H,20,21,25). The lowest BCUT2D eigenvalue weighted by molar-refractivity contribution is -0.133. The number of carboxylic acid groups (broad SMARTS) is 1. The third-order valence-corrected chi connectivity index (χ3v) is 7.27. The fraction of sp³-hybridized carbons (Fsp3) is 0.389. The Morgan fingerprint density at radius 1 is 1.37 bits per heavy atom. The van der Waals surface area contributed by atoms with Crippen LogP contribution in [-0.2, 0) is 4.79 Å². The first-order chi connectivity index (χ1) is 12.9. The van der Waals surface area contributed by atoms with Gasteiger partial charge in [-0.15, -0.1) is 11.8 Å². The quantitative estimate of drug-likeness (QED) is 0.588. The topological polar surface area (TPSA) is 82.5 Å². The second-order valence-corrected chi connectivity index (χ2v) is 9.65. The van der Waals surface area contributed by atoms with Gasteiger partial charge in [0, 0.05) is 17.6 Å². The van der Waals surface area contributed by atoms with Gasteiger partial charge in [-0.25, -0.2) is 9.78 Å². The Morgan fingerprint density at radius 2 is 2.11 bits per heavy atom. The summed E-state index contributed by atoms with van der Waals surface area (Å²) in [7, 11) is 1.82. The molecule has 144 valence electrons. The number of amides is 2. The summed E-state index contributed by atoms with van der Waals surface area (Å²) in [5.41, 5.74) is 1.31. The number of carboxylic acids is 1. The molecule has 0 radical (unpaired) electrons. The first kappa shape index (κ1) is 20.2. The molecule has 2 amide bonds. The molecule has 2 atom stereocenters. The van der Waals surface area contributed by atoms with E-state index in [-0.39, 0.29) is 17.8 Å². The number of benzene rings is 1. The van der Waals surface area contributed by atoms with Gasteiger partial charge >= 0.3 is 12.0 Å². The maximum atomic E-state index is 12.5. The number of hydrogen-bond donors (Lipinski definition) is 2. The fourth-order valence-electron chi connectivity index (χ4n) is 3.21. The van der Waals surface area contributed by atoms with E-state index in [1.807, 2.05) is 7.05 Å². The zero-order chi connectivity index (χ0) is 19.4. The second-order valence-electron chi connectivity index (χ2n) is 6.42. The Hall–Kier alpha value is -1.58. The highest BCUT2D eigenvalue weighted by atomic mass is 79.9. The summed E-state index contributed by atoms with van der Waals surface area (Å²) >= 11 is 5.95. The number of anilines is 1. The number of thioether (sulfide) groups is 1. The molecule has 6 nitrogen and oxygen atoms in total. The van der Waals surface area contributed by atoms with Crippen LogP contribution in [0, 0.1) is 0 Å². The molecule has 2 aromatic rings. The zero-order valence-electron chi connectivity index (χ0n) is 14.7. The Labute approximate surface area is 174 Å². The van der Waals surface area contributed by atoms with Gasteiger partial charge in [0.1, 0.15) is 0 Å². The minimum Gasteiger partial charge on any atom is -0.481 e. The van der Waals surface area contributed by atoms with E-state index >= 15 is 0 Å². The molecule has 2 unspecified atom stereocenters. The molecule has 0 bridgehead atoms. The van der Waals surface area contributed by atoms with Crippen molar-refractivity contribution in [2.75, 3.05) is 18.1 Å². The monoisotopic (exact) mass is 469 g/mol. The van der Waals surface area contributed by atoms with Crippen molar-refractivity contribution in [1.82, 2.24) is 9.88 Å². The van der Waals surface area contributed by atoms with E-state index in [4.69, 9.17) is 5.11 Å². The van der Waals surface area contributed by atoms with E-state index in [1.165, 1.54) is 28.7 Å². The molecular formula is C18H20BrN3O3S2. The SMILES string of the molecule is CN(C(=O)Nc1ncc(SCC(=O)O)s1)C1CCC(c2ccc(Br)cc2)C1. The molecule has 1 aliphatic rings. The fourth-order valence-corrected chi connectivity index (χ4v) is 5.06. The number of nitrogens with one attached hydrogen (secondary N) is 1. The van der Waals surface area contributed by atoms with Crippen molar-refractivity contribution in [3.8, 4) is 0 Å². The van der Waals surface area contributed by atoms with E-state index in [2.05, 4.69) is 50.5 Å². The predicted octanol–water partition coefficient (Wildman–Crippen LogP) is 4.88. The van der Waals surface area contributed by atoms with E-state index in [1.54, 1.807) is 11.1 Å². The van der Waals surface area contributed by atoms with Crippen molar-refractivity contribution in [2.45, 2.75) is 35.4 Å². The summed E-state index contributed by atoms with van der Waals surface area (Å²) in [6.07, 6.45) is 4.58. The number of carbonyl (C=O) groups is 2. The van der Waals surface area contributed by atoms with Crippen LogP contribution in [0.2, 0.25) is 0 Å². The van der Waals surface area contributed by atoms with Gasteiger partial charge in [-0.05, 0) is 42.9 Å². The molecule has 0 aliphatic heterocycles. The maximum absolute atomic E-state index is 12.5. The van der Waals surface area contributed by atoms with Crippen molar-refractivity contribution >= 4 is 56.2 Å². The number of urea groups is 1. The minimum absolute atomic E-state index is 0.0188. The molecule has 1 heterocycles. The minimum atomic E-state index is -0.875. The lowest BCUT2D eigenvalue weighted by Crippen LogP contribution is -2.38. The summed E-state index contributed by atoms with van der Waals surface area (Å²) in [4.78, 5) is 29.1. The van der Waals surface area contributed by atoms with Crippen molar-refractivity contribution in [3.05, 3.63) is 40.5 Å². The highest BCUT2D eigenvalue weighted by molar-refractivity contribution is 9.10. The highest BCUT2D eigenvalue weighted by Crippen LogP contribution is 2.37. The number of hydrogen-bond acceptors (Lipinski definition) is 5. The van der Waals surface area contributed by atoms with Gasteiger partial charge in [0.15, 0.2) is 5.13 Å². The first-order valence-corrected chi connectivity index (χ1v) is 11.1. The largest absolute Gasteiger partial charge is 0.481 e. The average Bonchev–Trinajstić information content (AvgIpc) is 3.29. The normalized spacial score (nSPS) is 19.0. The van der Waals surface area contributed by atoms with Gasteiger partial charge < -0.3 is 10.0 Å². The Morgan fingerprint density at radius 3 is 2.81 bits per heavy atom. The molecule has 1 aromatic carbocycles. The third-order valence-electron chi connectivity index (χ3n) is 4.65. The van der Waals surface area contributed by atoms with Gasteiger partial charge in [-0.2, -0.15) is 0 Å². The Balaban J connectivity index is 1.53. The number of rotatable bonds is 6. The lowest BCUT2D eigenvalue weighted by atomic mass is 9.97. The highest BCUT2D eigenvalue weighted by Gasteiger charge is 2.31. The molecule has 27 heavy (non-hydrogen) atoms. The number of aliphatic carboxylic acids is 1. The molecule has 9 heteroatoms. The van der Waals surface area contributed by atoms with Crippen LogP contribution in [0.1, 0.15) is 30.7 Å². The van der Waals surface area contributed by atoms with Crippen LogP contribution in [0.4, 0.5) is 9.93 Å². The summed E-state index contributed by atoms with van der Waals surface area (Å²) in [5, 5.41) is 12.0. The van der Waals surface area contributed by atoms with E-state index < -0.39 is 5.97 Å². The summed E-state index contributed by atoms with van der Waals surface area (Å²) < 4.78 is 1.84. The van der Waals surface area contributed by atoms with Gasteiger partial charge in [-0.1, -0.05) is 39.4 Å². The van der Waals surface area contributed by atoms with Crippen molar-refractivity contribution in [1.29, 1.82) is 0 Å². The predicted molar refractivity (Wildman–Crippen MR) is 112 cm³/mol. The Bertz CT molecular complexity index is 812. The molecule has 0 spiro atoms. The molecule has 2 N–H and O–H groups in total. The van der Waals surface area contributed by atoms with Crippen LogP contribution in [-0.4, -0.2) is 45.8 Å². The van der Waals surface area contributed by atoms with Crippen LogP contribution in [0.25, 0.3) is 0 Å². The van der Waals surface area contributed by atoms with Crippen molar-refractivity contribution in [2.24, 2.45) is 0 Å². The van der Waals surface area contributed by atoms with E-state index in [0.717, 1.165) is 27.9 Å².